The summed E-state index contributed by atoms with van der Waals surface area (Å²) >= 11 is 5.78. The van der Waals surface area contributed by atoms with Crippen LogP contribution >= 0.6 is 11.6 Å². The molecule has 1 aromatic rings. The average Bonchev–Trinajstić information content (AvgIpc) is 2.43. The molecule has 1 heterocycles. The first-order valence-corrected chi connectivity index (χ1v) is 6.86. The minimum atomic E-state index is -0.510. The molecule has 0 bridgehead atoms. The largest absolute Gasteiger partial charge is 0.343 e. The summed E-state index contributed by atoms with van der Waals surface area (Å²) in [6, 6.07) is 4.04. The Balaban J connectivity index is 1.96. The Labute approximate surface area is 121 Å². The summed E-state index contributed by atoms with van der Waals surface area (Å²) in [6.07, 6.45) is 1.18. The van der Waals surface area contributed by atoms with Gasteiger partial charge in [0.05, 0.1) is 5.69 Å². The number of halogens is 2. The lowest BCUT2D eigenvalue weighted by Crippen LogP contribution is -2.40. The summed E-state index contributed by atoms with van der Waals surface area (Å²) in [5, 5.41) is 2.93. The van der Waals surface area contributed by atoms with Crippen molar-refractivity contribution in [3.05, 3.63) is 29.0 Å². The Kier molecular flexibility index (Phi) is 4.60. The van der Waals surface area contributed by atoms with Crippen molar-refractivity contribution >= 4 is 29.1 Å². The molecular weight excluding hydrogens is 283 g/mol. The number of hydrogen-bond acceptors (Lipinski definition) is 2. The topological polar surface area (TPSA) is 49.4 Å². The summed E-state index contributed by atoms with van der Waals surface area (Å²) in [4.78, 5) is 25.0. The molecule has 1 N–H and O–H groups in total. The molecule has 0 spiro atoms. The number of nitrogens with zero attached hydrogens (tertiary/aromatic N) is 1. The Morgan fingerprint density at radius 1 is 1.35 bits per heavy atom. The monoisotopic (exact) mass is 298 g/mol. The predicted octanol–water partition coefficient (Wildman–Crippen LogP) is 2.68. The van der Waals surface area contributed by atoms with E-state index in [2.05, 4.69) is 5.32 Å². The van der Waals surface area contributed by atoms with Gasteiger partial charge in [-0.15, -0.1) is 0 Å². The van der Waals surface area contributed by atoms with Gasteiger partial charge in [-0.1, -0.05) is 11.6 Å². The van der Waals surface area contributed by atoms with E-state index in [0.29, 0.717) is 31.0 Å². The van der Waals surface area contributed by atoms with E-state index in [9.17, 15) is 14.0 Å². The van der Waals surface area contributed by atoms with Crippen LogP contribution in [0.3, 0.4) is 0 Å². The molecular formula is C14H16ClFN2O2. The second-order valence-corrected chi connectivity index (χ2v) is 5.33. The fourth-order valence-electron chi connectivity index (χ4n) is 2.28. The van der Waals surface area contributed by atoms with E-state index >= 15 is 0 Å². The summed E-state index contributed by atoms with van der Waals surface area (Å²) < 4.78 is 13.5. The third-order valence-corrected chi connectivity index (χ3v) is 3.73. The van der Waals surface area contributed by atoms with E-state index in [0.717, 1.165) is 0 Å². The van der Waals surface area contributed by atoms with E-state index in [1.54, 1.807) is 4.90 Å². The van der Waals surface area contributed by atoms with Gasteiger partial charge in [-0.2, -0.15) is 0 Å². The van der Waals surface area contributed by atoms with Crippen LogP contribution in [0.1, 0.15) is 19.8 Å². The highest BCUT2D eigenvalue weighted by molar-refractivity contribution is 6.30. The molecule has 2 rings (SSSR count). The van der Waals surface area contributed by atoms with Crippen LogP contribution in [0.5, 0.6) is 0 Å². The van der Waals surface area contributed by atoms with E-state index in [1.807, 2.05) is 0 Å². The van der Waals surface area contributed by atoms with Crippen molar-refractivity contribution < 1.29 is 14.0 Å². The standard InChI is InChI=1S/C14H16ClFN2O2/c1-9(19)18-6-4-10(5-7-18)14(20)17-13-8-11(15)2-3-12(13)16/h2-3,8,10H,4-7H2,1H3,(H,17,20). The van der Waals surface area contributed by atoms with Crippen LogP contribution in [-0.2, 0) is 9.59 Å². The van der Waals surface area contributed by atoms with Crippen LogP contribution in [0.25, 0.3) is 0 Å². The van der Waals surface area contributed by atoms with Gasteiger partial charge < -0.3 is 10.2 Å². The molecule has 0 aromatic heterocycles. The summed E-state index contributed by atoms with van der Waals surface area (Å²) in [5.41, 5.74) is 0.0940. The summed E-state index contributed by atoms with van der Waals surface area (Å²) in [7, 11) is 0. The molecule has 1 aromatic carbocycles. The number of carbonyl (C=O) groups excluding carboxylic acids is 2. The molecule has 0 aliphatic carbocycles. The molecule has 1 aliphatic rings. The molecule has 1 saturated heterocycles. The second-order valence-electron chi connectivity index (χ2n) is 4.89. The maximum Gasteiger partial charge on any atom is 0.227 e. The Morgan fingerprint density at radius 2 is 2.00 bits per heavy atom. The molecule has 0 atom stereocenters. The van der Waals surface area contributed by atoms with Gasteiger partial charge in [-0.05, 0) is 31.0 Å². The molecule has 2 amide bonds. The zero-order valence-electron chi connectivity index (χ0n) is 11.2. The maximum atomic E-state index is 13.5. The van der Waals surface area contributed by atoms with Crippen molar-refractivity contribution in [2.45, 2.75) is 19.8 Å². The van der Waals surface area contributed by atoms with Crippen LogP contribution in [-0.4, -0.2) is 29.8 Å². The van der Waals surface area contributed by atoms with E-state index < -0.39 is 5.82 Å². The fraction of sp³-hybridized carbons (Fsp3) is 0.429. The zero-order valence-corrected chi connectivity index (χ0v) is 11.9. The van der Waals surface area contributed by atoms with Crippen molar-refractivity contribution in [1.82, 2.24) is 4.90 Å². The first-order chi connectivity index (χ1) is 9.47. The lowest BCUT2D eigenvalue weighted by Gasteiger charge is -2.30. The van der Waals surface area contributed by atoms with Crippen molar-refractivity contribution in [3.8, 4) is 0 Å². The number of likely N-dealkylation sites (tertiary alicyclic amines) is 1. The number of hydrogen-bond donors (Lipinski definition) is 1. The summed E-state index contributed by atoms with van der Waals surface area (Å²) in [6.45, 7) is 2.64. The third kappa shape index (κ3) is 3.48. The van der Waals surface area contributed by atoms with Gasteiger partial charge in [0.1, 0.15) is 5.82 Å². The van der Waals surface area contributed by atoms with Gasteiger partial charge in [0.15, 0.2) is 0 Å². The molecule has 4 nitrogen and oxygen atoms in total. The number of rotatable bonds is 2. The highest BCUT2D eigenvalue weighted by Gasteiger charge is 2.26. The van der Waals surface area contributed by atoms with Crippen molar-refractivity contribution in [3.63, 3.8) is 0 Å². The Hall–Kier alpha value is -1.62. The molecule has 20 heavy (non-hydrogen) atoms. The lowest BCUT2D eigenvalue weighted by atomic mass is 9.96. The van der Waals surface area contributed by atoms with Crippen LogP contribution in [0.15, 0.2) is 18.2 Å². The van der Waals surface area contributed by atoms with E-state index in [4.69, 9.17) is 11.6 Å². The Morgan fingerprint density at radius 3 is 2.60 bits per heavy atom. The maximum absolute atomic E-state index is 13.5. The molecule has 1 fully saturated rings. The number of benzene rings is 1. The lowest BCUT2D eigenvalue weighted by molar-refractivity contribution is -0.132. The first-order valence-electron chi connectivity index (χ1n) is 6.49. The SMILES string of the molecule is CC(=O)N1CCC(C(=O)Nc2cc(Cl)ccc2F)CC1. The molecule has 0 unspecified atom stereocenters. The molecule has 6 heteroatoms. The third-order valence-electron chi connectivity index (χ3n) is 3.50. The van der Waals surface area contributed by atoms with Crippen molar-refractivity contribution in [2.24, 2.45) is 5.92 Å². The number of anilines is 1. The van der Waals surface area contributed by atoms with E-state index in [-0.39, 0.29) is 23.4 Å². The first kappa shape index (κ1) is 14.8. The minimum absolute atomic E-state index is 0.0183. The number of carbonyl (C=O) groups is 2. The smallest absolute Gasteiger partial charge is 0.227 e. The fourth-order valence-corrected chi connectivity index (χ4v) is 2.46. The van der Waals surface area contributed by atoms with Crippen LogP contribution < -0.4 is 5.32 Å². The van der Waals surface area contributed by atoms with E-state index in [1.165, 1.54) is 25.1 Å². The van der Waals surface area contributed by atoms with Gasteiger partial charge >= 0.3 is 0 Å². The van der Waals surface area contributed by atoms with Gasteiger partial charge in [0, 0.05) is 31.0 Å². The summed E-state index contributed by atoms with van der Waals surface area (Å²) in [5.74, 6) is -0.924. The molecule has 108 valence electrons. The van der Waals surface area contributed by atoms with Gasteiger partial charge in [0.2, 0.25) is 11.8 Å². The highest BCUT2D eigenvalue weighted by atomic mass is 35.5. The van der Waals surface area contributed by atoms with Crippen molar-refractivity contribution in [1.29, 1.82) is 0 Å². The van der Waals surface area contributed by atoms with Crippen molar-refractivity contribution in [2.75, 3.05) is 18.4 Å². The number of nitrogens with one attached hydrogen (secondary N) is 1. The quantitative estimate of drug-likeness (QED) is 0.912. The predicted molar refractivity (Wildman–Crippen MR) is 75.0 cm³/mol. The molecule has 0 radical (unpaired) electrons. The average molecular weight is 299 g/mol. The van der Waals surface area contributed by atoms with Crippen LogP contribution in [0.4, 0.5) is 10.1 Å². The Bertz CT molecular complexity index is 528. The van der Waals surface area contributed by atoms with Gasteiger partial charge in [0.25, 0.3) is 0 Å². The number of amides is 2. The van der Waals surface area contributed by atoms with Crippen LogP contribution in [0, 0.1) is 11.7 Å². The van der Waals surface area contributed by atoms with Gasteiger partial charge in [-0.25, -0.2) is 4.39 Å². The second kappa shape index (κ2) is 6.22. The normalized spacial score (nSPS) is 16.1. The van der Waals surface area contributed by atoms with Gasteiger partial charge in [-0.3, -0.25) is 9.59 Å². The zero-order chi connectivity index (χ0) is 14.7. The highest BCUT2D eigenvalue weighted by Crippen LogP contribution is 2.23. The van der Waals surface area contributed by atoms with Crippen LogP contribution in [0.2, 0.25) is 5.02 Å². The molecule has 1 aliphatic heterocycles. The molecule has 0 saturated carbocycles. The minimum Gasteiger partial charge on any atom is -0.343 e. The number of piperidine rings is 1.